The van der Waals surface area contributed by atoms with Crippen LogP contribution in [-0.2, 0) is 11.8 Å². The molecule has 21 heavy (non-hydrogen) atoms. The number of aryl methyl sites for hydroxylation is 2. The fourth-order valence-corrected chi connectivity index (χ4v) is 2.62. The van der Waals surface area contributed by atoms with Crippen molar-refractivity contribution < 1.29 is 9.53 Å². The van der Waals surface area contributed by atoms with Crippen LogP contribution in [0, 0.1) is 6.92 Å². The molecule has 116 valence electrons. The third-order valence-corrected chi connectivity index (χ3v) is 4.11. The van der Waals surface area contributed by atoms with Crippen LogP contribution in [0.4, 0.5) is 0 Å². The minimum absolute atomic E-state index is 0.206. The molecule has 0 aliphatic carbocycles. The molecule has 1 aliphatic rings. The minimum atomic E-state index is -0.207. The maximum atomic E-state index is 12.3. The Morgan fingerprint density at radius 1 is 1.52 bits per heavy atom. The first kappa shape index (κ1) is 15.8. The lowest BCUT2D eigenvalue weighted by Crippen LogP contribution is -2.32. The third-order valence-electron chi connectivity index (χ3n) is 4.11. The first-order valence-corrected chi connectivity index (χ1v) is 7.53. The number of ether oxygens (including phenoxy) is 1. The fraction of sp³-hybridized carbons (Fsp3) is 0.625. The molecule has 0 N–H and O–H groups in total. The van der Waals surface area contributed by atoms with Gasteiger partial charge in [0.1, 0.15) is 5.56 Å². The Kier molecular flexibility index (Phi) is 5.17. The summed E-state index contributed by atoms with van der Waals surface area (Å²) in [5.41, 5.74) is 0.877. The van der Waals surface area contributed by atoms with Gasteiger partial charge in [0.15, 0.2) is 5.43 Å². The van der Waals surface area contributed by atoms with Crippen LogP contribution in [0.2, 0.25) is 0 Å². The molecule has 1 aromatic rings. The summed E-state index contributed by atoms with van der Waals surface area (Å²) < 4.78 is 7.37. The molecule has 2 heterocycles. The van der Waals surface area contributed by atoms with E-state index in [0.717, 1.165) is 38.0 Å². The van der Waals surface area contributed by atoms with E-state index in [1.54, 1.807) is 22.7 Å². The molecule has 0 spiro atoms. The first-order valence-electron chi connectivity index (χ1n) is 7.53. The van der Waals surface area contributed by atoms with E-state index in [0.29, 0.717) is 12.6 Å². The van der Waals surface area contributed by atoms with Gasteiger partial charge in [-0.2, -0.15) is 0 Å². The lowest BCUT2D eigenvalue weighted by atomic mass is 10.1. The van der Waals surface area contributed by atoms with Gasteiger partial charge in [-0.05, 0) is 32.6 Å². The van der Waals surface area contributed by atoms with E-state index in [1.165, 1.54) is 6.07 Å². The summed E-state index contributed by atoms with van der Waals surface area (Å²) in [4.78, 5) is 25.9. The van der Waals surface area contributed by atoms with Crippen LogP contribution in [-0.4, -0.2) is 41.7 Å². The Morgan fingerprint density at radius 2 is 2.29 bits per heavy atom. The largest absolute Gasteiger partial charge is 0.378 e. The summed E-state index contributed by atoms with van der Waals surface area (Å²) in [6.07, 6.45) is 6.11. The molecule has 2 rings (SSSR count). The molecule has 0 saturated carbocycles. The molecule has 5 heteroatoms. The van der Waals surface area contributed by atoms with Gasteiger partial charge in [0.05, 0.1) is 6.10 Å². The molecule has 1 unspecified atom stereocenters. The van der Waals surface area contributed by atoms with Gasteiger partial charge < -0.3 is 14.2 Å². The van der Waals surface area contributed by atoms with Crippen molar-refractivity contribution in [3.63, 3.8) is 0 Å². The number of rotatable bonds is 5. The maximum Gasteiger partial charge on any atom is 0.259 e. The zero-order valence-electron chi connectivity index (χ0n) is 13.1. The Bertz CT molecular complexity index is 559. The van der Waals surface area contributed by atoms with E-state index >= 15 is 0 Å². The van der Waals surface area contributed by atoms with Crippen LogP contribution >= 0.6 is 0 Å². The molecule has 1 atom stereocenters. The highest BCUT2D eigenvalue weighted by molar-refractivity contribution is 5.93. The van der Waals surface area contributed by atoms with E-state index in [2.05, 4.69) is 0 Å². The first-order chi connectivity index (χ1) is 9.99. The molecule has 5 nitrogen and oxygen atoms in total. The van der Waals surface area contributed by atoms with Crippen LogP contribution in [0.1, 0.15) is 41.7 Å². The number of hydrogen-bond donors (Lipinski definition) is 0. The second-order valence-corrected chi connectivity index (χ2v) is 5.81. The summed E-state index contributed by atoms with van der Waals surface area (Å²) in [6.45, 7) is 3.36. The van der Waals surface area contributed by atoms with Crippen LogP contribution in [0.5, 0.6) is 0 Å². The van der Waals surface area contributed by atoms with Crippen molar-refractivity contribution in [1.29, 1.82) is 0 Å². The van der Waals surface area contributed by atoms with Crippen LogP contribution in [0.25, 0.3) is 0 Å². The maximum absolute atomic E-state index is 12.3. The number of carbonyl (C=O) groups excluding carboxylic acids is 1. The van der Waals surface area contributed by atoms with Gasteiger partial charge in [0.2, 0.25) is 0 Å². The number of aromatic nitrogens is 1. The van der Waals surface area contributed by atoms with Crippen LogP contribution in [0.15, 0.2) is 17.1 Å². The molecule has 0 radical (unpaired) electrons. The highest BCUT2D eigenvalue weighted by Gasteiger charge is 2.18. The summed E-state index contributed by atoms with van der Waals surface area (Å²) in [5.74, 6) is -0.206. The highest BCUT2D eigenvalue weighted by Crippen LogP contribution is 2.17. The summed E-state index contributed by atoms with van der Waals surface area (Å²) in [7, 11) is 3.58. The fourth-order valence-electron chi connectivity index (χ4n) is 2.62. The topological polar surface area (TPSA) is 51.5 Å². The Hall–Kier alpha value is -1.62. The average molecular weight is 292 g/mol. The van der Waals surface area contributed by atoms with E-state index in [-0.39, 0.29) is 16.9 Å². The van der Waals surface area contributed by atoms with Gasteiger partial charge in [-0.25, -0.2) is 0 Å². The average Bonchev–Trinajstić information content (AvgIpc) is 2.95. The number of nitrogens with zero attached hydrogens (tertiary/aromatic N) is 2. The van der Waals surface area contributed by atoms with Gasteiger partial charge in [-0.15, -0.1) is 0 Å². The molecule has 1 aromatic heterocycles. The molecule has 1 amide bonds. The summed E-state index contributed by atoms with van der Waals surface area (Å²) in [6, 6.07) is 1.51. The highest BCUT2D eigenvalue weighted by atomic mass is 16.5. The third kappa shape index (κ3) is 3.94. The van der Waals surface area contributed by atoms with E-state index in [9.17, 15) is 9.59 Å². The van der Waals surface area contributed by atoms with E-state index in [4.69, 9.17) is 4.74 Å². The standard InChI is InChI=1S/C16H24N2O3/c1-12-10-15(19)14(11-18(12)3)16(20)17(2)8-4-6-13-7-5-9-21-13/h10-11,13H,4-9H2,1-3H3. The van der Waals surface area contributed by atoms with Crippen molar-refractivity contribution in [3.8, 4) is 0 Å². The van der Waals surface area contributed by atoms with Crippen molar-refractivity contribution >= 4 is 5.91 Å². The van der Waals surface area contributed by atoms with Gasteiger partial charge in [0, 0.05) is 45.2 Å². The smallest absolute Gasteiger partial charge is 0.259 e. The number of amides is 1. The van der Waals surface area contributed by atoms with Crippen molar-refractivity contribution in [2.24, 2.45) is 7.05 Å². The Balaban J connectivity index is 1.92. The number of hydrogen-bond acceptors (Lipinski definition) is 3. The SMILES string of the molecule is Cc1cc(=O)c(C(=O)N(C)CCCC2CCCO2)cn1C. The lowest BCUT2D eigenvalue weighted by molar-refractivity contribution is 0.0761. The predicted octanol–water partition coefficient (Wildman–Crippen LogP) is 1.72. The van der Waals surface area contributed by atoms with Gasteiger partial charge in [-0.1, -0.05) is 0 Å². The van der Waals surface area contributed by atoms with Crippen molar-refractivity contribution in [3.05, 3.63) is 33.7 Å². The molecule has 1 saturated heterocycles. The normalized spacial score (nSPS) is 18.0. The summed E-state index contributed by atoms with van der Waals surface area (Å²) >= 11 is 0. The second-order valence-electron chi connectivity index (χ2n) is 5.81. The number of pyridine rings is 1. The molecule has 1 aliphatic heterocycles. The number of carbonyl (C=O) groups is 1. The molecule has 0 aromatic carbocycles. The van der Waals surface area contributed by atoms with Gasteiger partial charge in [0.25, 0.3) is 5.91 Å². The molecular formula is C16H24N2O3. The van der Waals surface area contributed by atoms with Crippen molar-refractivity contribution in [2.45, 2.75) is 38.7 Å². The zero-order valence-corrected chi connectivity index (χ0v) is 13.1. The lowest BCUT2D eigenvalue weighted by Gasteiger charge is -2.18. The van der Waals surface area contributed by atoms with Crippen molar-refractivity contribution in [2.75, 3.05) is 20.2 Å². The minimum Gasteiger partial charge on any atom is -0.378 e. The zero-order chi connectivity index (χ0) is 15.4. The molecular weight excluding hydrogens is 268 g/mol. The van der Waals surface area contributed by atoms with E-state index in [1.807, 2.05) is 14.0 Å². The Morgan fingerprint density at radius 3 is 2.95 bits per heavy atom. The Labute approximate surface area is 125 Å². The van der Waals surface area contributed by atoms with Gasteiger partial charge in [-0.3, -0.25) is 9.59 Å². The predicted molar refractivity (Wildman–Crippen MR) is 81.6 cm³/mol. The monoisotopic (exact) mass is 292 g/mol. The molecule has 1 fully saturated rings. The second kappa shape index (κ2) is 6.89. The van der Waals surface area contributed by atoms with Gasteiger partial charge >= 0.3 is 0 Å². The van der Waals surface area contributed by atoms with Crippen LogP contribution in [0.3, 0.4) is 0 Å². The quantitative estimate of drug-likeness (QED) is 0.830. The van der Waals surface area contributed by atoms with Crippen molar-refractivity contribution in [1.82, 2.24) is 9.47 Å². The van der Waals surface area contributed by atoms with Crippen LogP contribution < -0.4 is 5.43 Å². The molecule has 0 bridgehead atoms. The van der Waals surface area contributed by atoms with E-state index < -0.39 is 0 Å². The summed E-state index contributed by atoms with van der Waals surface area (Å²) in [5, 5.41) is 0.